The molecule has 0 aliphatic carbocycles. The normalized spacial score (nSPS) is 16.6. The Labute approximate surface area is 77.3 Å². The van der Waals surface area contributed by atoms with Gasteiger partial charge >= 0.3 is 0 Å². The van der Waals surface area contributed by atoms with E-state index in [1.807, 2.05) is 18.0 Å². The summed E-state index contributed by atoms with van der Waals surface area (Å²) in [5, 5.41) is 5.77. The average molecular weight is 182 g/mol. The van der Waals surface area contributed by atoms with Crippen molar-refractivity contribution in [3.05, 3.63) is 11.8 Å². The maximum atomic E-state index is 4.37. The van der Waals surface area contributed by atoms with Gasteiger partial charge < -0.3 is 0 Å². The largest absolute Gasteiger partial charge is 0.259 e. The summed E-state index contributed by atoms with van der Waals surface area (Å²) in [6, 6.07) is 0. The molecule has 12 heavy (non-hydrogen) atoms. The number of fused-ring (bicyclic) bond motifs is 1. The van der Waals surface area contributed by atoms with Crippen LogP contribution in [0.3, 0.4) is 0 Å². The molecule has 2 rings (SSSR count). The van der Waals surface area contributed by atoms with Gasteiger partial charge in [0, 0.05) is 17.9 Å². The topological polar surface area (TPSA) is 17.8 Å². The fraction of sp³-hybridized carbons (Fsp3) is 0.667. The van der Waals surface area contributed by atoms with E-state index in [2.05, 4.69) is 23.6 Å². The second-order valence-corrected chi connectivity index (χ2v) is 4.57. The molecule has 1 aromatic heterocycles. The molecule has 2 nitrogen and oxygen atoms in total. The van der Waals surface area contributed by atoms with Crippen LogP contribution in [0.25, 0.3) is 0 Å². The predicted octanol–water partition coefficient (Wildman–Crippen LogP) is 2.50. The lowest BCUT2D eigenvalue weighted by Crippen LogP contribution is -2.08. The quantitative estimate of drug-likeness (QED) is 0.664. The maximum Gasteiger partial charge on any atom is 0.0974 e. The van der Waals surface area contributed by atoms with E-state index in [1.54, 1.807) is 0 Å². The van der Waals surface area contributed by atoms with Crippen molar-refractivity contribution in [3.63, 3.8) is 0 Å². The summed E-state index contributed by atoms with van der Waals surface area (Å²) >= 11 is 1.95. The number of aromatic nitrogens is 2. The fourth-order valence-electron chi connectivity index (χ4n) is 1.48. The van der Waals surface area contributed by atoms with E-state index in [0.717, 1.165) is 6.54 Å². The van der Waals surface area contributed by atoms with Crippen molar-refractivity contribution < 1.29 is 0 Å². The molecule has 0 atom stereocenters. The molecule has 0 amide bonds. The highest BCUT2D eigenvalue weighted by Gasteiger charge is 2.16. The van der Waals surface area contributed by atoms with Crippen LogP contribution in [0.2, 0.25) is 0 Å². The number of rotatable bonds is 1. The Morgan fingerprint density at radius 2 is 2.42 bits per heavy atom. The van der Waals surface area contributed by atoms with Gasteiger partial charge in [-0.25, -0.2) is 0 Å². The van der Waals surface area contributed by atoms with Crippen LogP contribution in [0, 0.1) is 0 Å². The molecule has 66 valence electrons. The van der Waals surface area contributed by atoms with E-state index in [4.69, 9.17) is 0 Å². The third-order valence-electron chi connectivity index (χ3n) is 2.19. The van der Waals surface area contributed by atoms with Gasteiger partial charge in [-0.2, -0.15) is 5.10 Å². The molecule has 1 aliphatic rings. The van der Waals surface area contributed by atoms with Gasteiger partial charge in [-0.3, -0.25) is 4.68 Å². The number of hydrogen-bond donors (Lipinski definition) is 0. The van der Waals surface area contributed by atoms with Crippen molar-refractivity contribution in [2.45, 2.75) is 37.8 Å². The van der Waals surface area contributed by atoms with Crippen molar-refractivity contribution >= 4 is 11.8 Å². The van der Waals surface area contributed by atoms with Gasteiger partial charge in [0.2, 0.25) is 0 Å². The first-order valence-electron chi connectivity index (χ1n) is 4.47. The first-order valence-corrected chi connectivity index (χ1v) is 5.46. The van der Waals surface area contributed by atoms with Gasteiger partial charge in [0.05, 0.1) is 11.2 Å². The molecule has 3 heteroatoms. The molecular formula is C9H14N2S. The van der Waals surface area contributed by atoms with Crippen LogP contribution in [-0.2, 0) is 6.54 Å². The molecule has 1 aliphatic heterocycles. The Bertz CT molecular complexity index is 278. The van der Waals surface area contributed by atoms with Crippen molar-refractivity contribution in [2.75, 3.05) is 5.75 Å². The average Bonchev–Trinajstić information content (AvgIpc) is 2.47. The van der Waals surface area contributed by atoms with Gasteiger partial charge in [-0.1, -0.05) is 13.8 Å². The minimum absolute atomic E-state index is 0.611. The number of nitrogens with zero attached hydrogens (tertiary/aromatic N) is 2. The van der Waals surface area contributed by atoms with E-state index < -0.39 is 0 Å². The lowest BCUT2D eigenvalue weighted by atomic mass is 10.1. The Balaban J connectivity index is 2.38. The van der Waals surface area contributed by atoms with Gasteiger partial charge in [0.25, 0.3) is 0 Å². The summed E-state index contributed by atoms with van der Waals surface area (Å²) in [6.45, 7) is 5.56. The molecule has 0 bridgehead atoms. The molecule has 0 unspecified atom stereocenters. The minimum Gasteiger partial charge on any atom is -0.259 e. The number of thioether (sulfide) groups is 1. The Kier molecular flexibility index (Phi) is 2.13. The van der Waals surface area contributed by atoms with Crippen LogP contribution in [0.5, 0.6) is 0 Å². The molecule has 0 spiro atoms. The van der Waals surface area contributed by atoms with Crippen LogP contribution in [0.15, 0.2) is 11.2 Å². The summed E-state index contributed by atoms with van der Waals surface area (Å²) in [6.07, 6.45) is 3.29. The first-order chi connectivity index (χ1) is 5.79. The van der Waals surface area contributed by atoms with E-state index in [0.29, 0.717) is 5.92 Å². The van der Waals surface area contributed by atoms with Gasteiger partial charge in [-0.15, -0.1) is 11.8 Å². The summed E-state index contributed by atoms with van der Waals surface area (Å²) < 4.78 is 2.14. The fourth-order valence-corrected chi connectivity index (χ4v) is 2.69. The molecule has 0 saturated carbocycles. The predicted molar refractivity (Wildman–Crippen MR) is 51.7 cm³/mol. The molecule has 0 N–H and O–H groups in total. The summed E-state index contributed by atoms with van der Waals surface area (Å²) in [5.74, 6) is 1.87. The van der Waals surface area contributed by atoms with Crippen LogP contribution in [0.1, 0.15) is 31.7 Å². The Morgan fingerprint density at radius 3 is 3.17 bits per heavy atom. The van der Waals surface area contributed by atoms with E-state index in [9.17, 15) is 0 Å². The second kappa shape index (κ2) is 3.13. The maximum absolute atomic E-state index is 4.37. The molecule has 0 fully saturated rings. The number of hydrogen-bond acceptors (Lipinski definition) is 2. The van der Waals surface area contributed by atoms with Gasteiger partial charge in [-0.05, 0) is 12.3 Å². The summed E-state index contributed by atoms with van der Waals surface area (Å²) in [5.41, 5.74) is 1.42. The molecule has 0 radical (unpaired) electrons. The van der Waals surface area contributed by atoms with Crippen molar-refractivity contribution in [2.24, 2.45) is 0 Å². The lowest BCUT2D eigenvalue weighted by Gasteiger charge is -2.15. The zero-order chi connectivity index (χ0) is 8.55. The van der Waals surface area contributed by atoms with E-state index >= 15 is 0 Å². The van der Waals surface area contributed by atoms with Crippen molar-refractivity contribution in [1.82, 2.24) is 9.78 Å². The third kappa shape index (κ3) is 1.26. The van der Waals surface area contributed by atoms with Gasteiger partial charge in [0.15, 0.2) is 0 Å². The number of aryl methyl sites for hydroxylation is 1. The SMILES string of the molecule is CC(C)c1cnn2c1SCCC2. The van der Waals surface area contributed by atoms with E-state index in [1.165, 1.54) is 22.8 Å². The second-order valence-electron chi connectivity index (χ2n) is 3.48. The van der Waals surface area contributed by atoms with Crippen LogP contribution in [0.4, 0.5) is 0 Å². The van der Waals surface area contributed by atoms with Gasteiger partial charge in [0.1, 0.15) is 0 Å². The summed E-state index contributed by atoms with van der Waals surface area (Å²) in [7, 11) is 0. The molecule has 0 aromatic carbocycles. The zero-order valence-corrected chi connectivity index (χ0v) is 8.40. The zero-order valence-electron chi connectivity index (χ0n) is 7.58. The first kappa shape index (κ1) is 8.17. The van der Waals surface area contributed by atoms with Crippen molar-refractivity contribution in [1.29, 1.82) is 0 Å². The lowest BCUT2D eigenvalue weighted by molar-refractivity contribution is 0.543. The standard InChI is InChI=1S/C9H14N2S/c1-7(2)8-6-10-11-4-3-5-12-9(8)11/h6-7H,3-5H2,1-2H3. The summed E-state index contributed by atoms with van der Waals surface area (Å²) in [4.78, 5) is 0. The molecule has 2 heterocycles. The Morgan fingerprint density at radius 1 is 1.58 bits per heavy atom. The third-order valence-corrected chi connectivity index (χ3v) is 3.41. The Hall–Kier alpha value is -0.440. The van der Waals surface area contributed by atoms with Crippen LogP contribution >= 0.6 is 11.8 Å². The minimum atomic E-state index is 0.611. The molecule has 1 aromatic rings. The highest BCUT2D eigenvalue weighted by atomic mass is 32.2. The van der Waals surface area contributed by atoms with Crippen LogP contribution < -0.4 is 0 Å². The van der Waals surface area contributed by atoms with Crippen molar-refractivity contribution in [3.8, 4) is 0 Å². The highest BCUT2D eigenvalue weighted by molar-refractivity contribution is 7.99. The molecule has 0 saturated heterocycles. The monoisotopic (exact) mass is 182 g/mol. The smallest absolute Gasteiger partial charge is 0.0974 e. The highest BCUT2D eigenvalue weighted by Crippen LogP contribution is 2.31. The molecular weight excluding hydrogens is 168 g/mol. The van der Waals surface area contributed by atoms with Crippen LogP contribution in [-0.4, -0.2) is 15.5 Å². The van der Waals surface area contributed by atoms with E-state index in [-0.39, 0.29) is 0 Å².